The lowest BCUT2D eigenvalue weighted by Crippen LogP contribution is -2.70. The van der Waals surface area contributed by atoms with Crippen molar-refractivity contribution in [1.29, 1.82) is 0 Å². The number of hydrogen-bond acceptors (Lipinski definition) is 15. The Morgan fingerprint density at radius 1 is 0.914 bits per heavy atom. The molecule has 1 aliphatic heterocycles. The van der Waals surface area contributed by atoms with Gasteiger partial charge in [-0.1, -0.05) is 43.0 Å². The molecule has 2 aromatic carbocycles. The molecule has 1 unspecified atom stereocenters. The molecule has 0 radical (unpaired) electrons. The van der Waals surface area contributed by atoms with Gasteiger partial charge in [-0.05, 0) is 86.4 Å². The van der Waals surface area contributed by atoms with E-state index in [1.54, 1.807) is 31.4 Å². The van der Waals surface area contributed by atoms with Gasteiger partial charge in [-0.3, -0.25) is 24.0 Å². The number of ketones is 2. The number of amides is 2. The number of carboxylic acid groups (broad SMARTS) is 1. The maximum Gasteiger partial charge on any atom is 0.305 e. The quantitative estimate of drug-likeness (QED) is 0.0807. The van der Waals surface area contributed by atoms with E-state index in [0.717, 1.165) is 15.9 Å². The summed E-state index contributed by atoms with van der Waals surface area (Å²) in [6.07, 6.45) is -0.275. The van der Waals surface area contributed by atoms with E-state index in [0.29, 0.717) is 50.9 Å². The molecular weight excluding hydrogens is 955 g/mol. The molecule has 0 bridgehead atoms. The molecule has 16 nitrogen and oxygen atoms in total. The number of nitrogens with one attached hydrogen (secondary N) is 2. The highest BCUT2D eigenvalue weighted by molar-refractivity contribution is 8.00. The number of halogens is 2. The molecule has 0 spiro atoms. The fraction of sp³-hybridized carbons (Fsp3) is 0.580. The van der Waals surface area contributed by atoms with Gasteiger partial charge < -0.3 is 54.4 Å². The van der Waals surface area contributed by atoms with Crippen molar-refractivity contribution in [1.82, 2.24) is 5.32 Å². The molecule has 382 valence electrons. The highest BCUT2D eigenvalue weighted by Crippen LogP contribution is 2.72. The van der Waals surface area contributed by atoms with Gasteiger partial charge in [-0.2, -0.15) is 11.8 Å². The van der Waals surface area contributed by atoms with Crippen LogP contribution in [0.5, 0.6) is 0 Å². The van der Waals surface area contributed by atoms with Crippen LogP contribution in [0.25, 0.3) is 0 Å². The number of aliphatic hydroxyl groups is 2. The van der Waals surface area contributed by atoms with Crippen LogP contribution in [0, 0.1) is 22.7 Å². The van der Waals surface area contributed by atoms with E-state index in [4.69, 9.17) is 33.5 Å². The van der Waals surface area contributed by atoms with E-state index >= 15 is 8.78 Å². The minimum atomic E-state index is -2.34. The normalized spacial score (nSPS) is 31.2. The van der Waals surface area contributed by atoms with Crippen LogP contribution in [0.1, 0.15) is 57.8 Å². The van der Waals surface area contributed by atoms with Crippen LogP contribution in [0.3, 0.4) is 0 Å². The van der Waals surface area contributed by atoms with Crippen LogP contribution in [0.4, 0.5) is 14.5 Å². The summed E-state index contributed by atoms with van der Waals surface area (Å²) < 4.78 is 68.7. The number of thioether (sulfide) groups is 1. The van der Waals surface area contributed by atoms with Crippen LogP contribution in [-0.4, -0.2) is 152 Å². The molecule has 0 aromatic heterocycles. The van der Waals surface area contributed by atoms with Crippen LogP contribution < -0.4 is 10.6 Å². The van der Waals surface area contributed by atoms with Crippen LogP contribution in [0.2, 0.25) is 0 Å². The zero-order chi connectivity index (χ0) is 50.3. The summed E-state index contributed by atoms with van der Waals surface area (Å²) >= 11 is 2.64. The predicted molar refractivity (Wildman–Crippen MR) is 254 cm³/mol. The van der Waals surface area contributed by atoms with Crippen molar-refractivity contribution in [3.05, 3.63) is 77.9 Å². The third-order valence-corrected chi connectivity index (χ3v) is 16.5. The molecule has 11 atom stereocenters. The average molecular weight is 1020 g/mol. The summed E-state index contributed by atoms with van der Waals surface area (Å²) in [5, 5.41) is 35.9. The zero-order valence-electron chi connectivity index (χ0n) is 39.4. The SMILES string of the molecule is CSC(CC(=O)O)C(=O)NCCOCCOCCOCCOCCC(=O)Nc1cccc(Sc2ccc([C@@H]3O[C@@H]4C[C@H]5[C@@H]6C[C@H](F)C7=CC(=O)C=C[C@]7(C)[C@@]6(F)[C@@H](O)C[C@]5(C)[C@]4(C(=O)CO)O3)cc2)c1. The van der Waals surface area contributed by atoms with Crippen molar-refractivity contribution >= 4 is 58.6 Å². The standard InChI is InChI=1S/C50H62F2N2O14S2/c1-47-13-11-32(56)24-37(47)38(51)25-36-35-26-42-50(41(58)29-55,48(35,2)28-40(57)49(36,47)52)68-46(67-42)30-7-9-33(10-8-30)70-34-6-4-5-31(23-34)54-43(59)12-15-63-17-19-65-21-22-66-20-18-64-16-14-53-45(62)39(69-3)27-44(60)61/h4-11,13,23-24,35-36,38-40,42,46,55,57H,12,14-22,25-29H2,1-3H3,(H,53,62)(H,54,59)(H,60,61)/t35-,36-,38-,39?,40-,42+,46+,47-,48-,49-,50+/m0/s1. The fourth-order valence-corrected chi connectivity index (χ4v) is 12.6. The van der Waals surface area contributed by atoms with Gasteiger partial charge in [-0.15, -0.1) is 0 Å². The first-order valence-corrected chi connectivity index (χ1v) is 25.6. The maximum atomic E-state index is 17.7. The number of fused-ring (bicyclic) bond motifs is 7. The molecular formula is C50H62F2N2O14S2. The zero-order valence-corrected chi connectivity index (χ0v) is 41.0. The van der Waals surface area contributed by atoms with Crippen LogP contribution >= 0.6 is 23.5 Å². The number of carbonyl (C=O) groups is 5. The highest BCUT2D eigenvalue weighted by Gasteiger charge is 2.80. The number of anilines is 1. The summed E-state index contributed by atoms with van der Waals surface area (Å²) in [5.41, 5.74) is -5.68. The lowest BCUT2D eigenvalue weighted by atomic mass is 9.44. The first kappa shape index (κ1) is 53.7. The Morgan fingerprint density at radius 2 is 1.59 bits per heavy atom. The Kier molecular flexibility index (Phi) is 17.8. The number of benzene rings is 2. The molecule has 2 amide bonds. The Morgan fingerprint density at radius 3 is 2.24 bits per heavy atom. The molecule has 1 heterocycles. The minimum absolute atomic E-state index is 0.00937. The van der Waals surface area contributed by atoms with Crippen molar-refractivity contribution in [2.45, 2.75) is 96.9 Å². The Bertz CT molecular complexity index is 2290. The monoisotopic (exact) mass is 1020 g/mol. The molecule has 5 N–H and O–H groups in total. The van der Waals surface area contributed by atoms with Gasteiger partial charge in [0.15, 0.2) is 29.1 Å². The second-order valence-corrected chi connectivity index (χ2v) is 20.7. The molecule has 2 aromatic rings. The Balaban J connectivity index is 0.818. The smallest absolute Gasteiger partial charge is 0.305 e. The van der Waals surface area contributed by atoms with E-state index in [1.165, 1.54) is 42.6 Å². The number of hydrogen-bond donors (Lipinski definition) is 5. The number of carboxylic acids is 1. The molecule has 3 saturated carbocycles. The summed E-state index contributed by atoms with van der Waals surface area (Å²) in [7, 11) is 0. The minimum Gasteiger partial charge on any atom is -0.481 e. The maximum absolute atomic E-state index is 17.7. The van der Waals surface area contributed by atoms with E-state index in [2.05, 4.69) is 10.6 Å². The van der Waals surface area contributed by atoms with E-state index in [1.807, 2.05) is 30.3 Å². The van der Waals surface area contributed by atoms with Crippen molar-refractivity contribution < 1.29 is 76.5 Å². The number of aliphatic hydroxyl groups excluding tert-OH is 2. The van der Waals surface area contributed by atoms with Gasteiger partial charge in [0, 0.05) is 44.3 Å². The molecule has 20 heteroatoms. The Labute approximate surface area is 413 Å². The summed E-state index contributed by atoms with van der Waals surface area (Å²) in [6, 6.07) is 14.7. The second kappa shape index (κ2) is 23.2. The molecule has 5 aliphatic rings. The summed E-state index contributed by atoms with van der Waals surface area (Å²) in [5.74, 6) is -4.37. The fourth-order valence-electron chi connectivity index (χ4n) is 11.1. The summed E-state index contributed by atoms with van der Waals surface area (Å²) in [6.45, 7) is 5.13. The number of allylic oxidation sites excluding steroid dienone is 4. The van der Waals surface area contributed by atoms with Gasteiger partial charge in [-0.25, -0.2) is 8.78 Å². The first-order valence-electron chi connectivity index (χ1n) is 23.5. The number of carbonyl (C=O) groups excluding carboxylic acids is 4. The van der Waals surface area contributed by atoms with Gasteiger partial charge >= 0.3 is 5.97 Å². The molecule has 4 fully saturated rings. The van der Waals surface area contributed by atoms with Crippen molar-refractivity contribution in [2.75, 3.05) is 77.6 Å². The van der Waals surface area contributed by atoms with E-state index in [-0.39, 0.29) is 69.3 Å². The summed E-state index contributed by atoms with van der Waals surface area (Å²) in [4.78, 5) is 63.4. The van der Waals surface area contributed by atoms with E-state index in [9.17, 15) is 34.2 Å². The van der Waals surface area contributed by atoms with E-state index < -0.39 is 88.0 Å². The van der Waals surface area contributed by atoms with Gasteiger partial charge in [0.05, 0.1) is 83.2 Å². The van der Waals surface area contributed by atoms with Crippen LogP contribution in [0.15, 0.2) is 82.1 Å². The van der Waals surface area contributed by atoms with Gasteiger partial charge in [0.1, 0.15) is 12.8 Å². The van der Waals surface area contributed by atoms with Crippen LogP contribution in [-0.2, 0) is 52.4 Å². The van der Waals surface area contributed by atoms with Crippen molar-refractivity contribution in [2.24, 2.45) is 22.7 Å². The number of ether oxygens (including phenoxy) is 6. The topological polar surface area (TPSA) is 225 Å². The largest absolute Gasteiger partial charge is 0.481 e. The molecule has 7 rings (SSSR count). The second-order valence-electron chi connectivity index (χ2n) is 18.5. The first-order chi connectivity index (χ1) is 33.5. The van der Waals surface area contributed by atoms with Crippen molar-refractivity contribution in [3.8, 4) is 0 Å². The number of rotatable bonds is 25. The molecule has 1 saturated heterocycles. The molecule has 70 heavy (non-hydrogen) atoms. The average Bonchev–Trinajstić information content (AvgIpc) is 3.83. The van der Waals surface area contributed by atoms with Gasteiger partial charge in [0.2, 0.25) is 11.8 Å². The van der Waals surface area contributed by atoms with Crippen molar-refractivity contribution in [3.63, 3.8) is 0 Å². The molecule has 4 aliphatic carbocycles. The highest BCUT2D eigenvalue weighted by atomic mass is 32.2. The lowest BCUT2D eigenvalue weighted by Gasteiger charge is -2.63. The third kappa shape index (κ3) is 11.0. The number of aliphatic carboxylic acids is 1. The third-order valence-electron chi connectivity index (χ3n) is 14.5. The Hall–Kier alpha value is -4.09. The predicted octanol–water partition coefficient (Wildman–Crippen LogP) is 5.20. The lowest BCUT2D eigenvalue weighted by molar-refractivity contribution is -0.235. The van der Waals surface area contributed by atoms with Gasteiger partial charge in [0.25, 0.3) is 0 Å². The number of alkyl halides is 2. The number of Topliss-reactive ketones (excluding diaryl/α,β-unsaturated/α-hetero) is 1.